The van der Waals surface area contributed by atoms with Gasteiger partial charge >= 0.3 is 17.6 Å². The van der Waals surface area contributed by atoms with Crippen molar-refractivity contribution in [1.82, 2.24) is 10.2 Å². The molecule has 0 saturated carbocycles. The van der Waals surface area contributed by atoms with Gasteiger partial charge in [-0.15, -0.1) is 0 Å². The molecule has 2 aromatic rings. The summed E-state index contributed by atoms with van der Waals surface area (Å²) >= 11 is 0. The first kappa shape index (κ1) is 14.8. The molecule has 1 aromatic carbocycles. The number of nitrogens with one attached hydrogen (secondary N) is 1. The van der Waals surface area contributed by atoms with E-state index < -0.39 is 30.1 Å². The Labute approximate surface area is 129 Å². The molecule has 2 heterocycles. The minimum Gasteiger partial charge on any atom is -0.452 e. The number of rotatable bonds is 3. The van der Waals surface area contributed by atoms with Crippen molar-refractivity contribution < 1.29 is 23.5 Å². The van der Waals surface area contributed by atoms with Crippen LogP contribution >= 0.6 is 0 Å². The number of carbonyl (C=O) groups is 3. The second-order valence-corrected chi connectivity index (χ2v) is 4.84. The van der Waals surface area contributed by atoms with Crippen LogP contribution in [0, 0.1) is 0 Å². The fourth-order valence-corrected chi connectivity index (χ4v) is 2.20. The SMILES string of the molecule is O=C(OCC(=O)N1CCNC1=O)c1cc2ccccc2oc1=O. The fraction of sp³-hybridized carbons (Fsp3) is 0.200. The Bertz CT molecular complexity index is 856. The van der Waals surface area contributed by atoms with Crippen LogP contribution in [0.1, 0.15) is 10.4 Å². The Kier molecular flexibility index (Phi) is 3.80. The smallest absolute Gasteiger partial charge is 0.351 e. The Balaban J connectivity index is 1.73. The van der Waals surface area contributed by atoms with Crippen LogP contribution in [0.15, 0.2) is 39.5 Å². The second-order valence-electron chi connectivity index (χ2n) is 4.84. The maximum atomic E-state index is 12.0. The van der Waals surface area contributed by atoms with E-state index in [9.17, 15) is 19.2 Å². The number of hydrogen-bond acceptors (Lipinski definition) is 6. The molecule has 8 heteroatoms. The number of hydrogen-bond donors (Lipinski definition) is 1. The highest BCUT2D eigenvalue weighted by Crippen LogP contribution is 2.13. The number of urea groups is 1. The molecule has 0 unspecified atom stereocenters. The zero-order valence-corrected chi connectivity index (χ0v) is 11.9. The number of nitrogens with zero attached hydrogens (tertiary/aromatic N) is 1. The zero-order valence-electron chi connectivity index (χ0n) is 11.9. The average molecular weight is 316 g/mol. The van der Waals surface area contributed by atoms with Gasteiger partial charge in [-0.1, -0.05) is 18.2 Å². The van der Waals surface area contributed by atoms with Crippen molar-refractivity contribution in [3.8, 4) is 0 Å². The molecule has 0 atom stereocenters. The molecule has 118 valence electrons. The van der Waals surface area contributed by atoms with Crippen molar-refractivity contribution in [1.29, 1.82) is 0 Å². The second kappa shape index (κ2) is 5.91. The molecule has 3 rings (SSSR count). The Hall–Kier alpha value is -3.16. The Morgan fingerprint density at radius 2 is 2.04 bits per heavy atom. The van der Waals surface area contributed by atoms with Gasteiger partial charge in [0.2, 0.25) is 0 Å². The third-order valence-electron chi connectivity index (χ3n) is 3.35. The quantitative estimate of drug-likeness (QED) is 0.653. The topological polar surface area (TPSA) is 106 Å². The lowest BCUT2D eigenvalue weighted by atomic mass is 10.2. The number of carbonyl (C=O) groups excluding carboxylic acids is 3. The van der Waals surface area contributed by atoms with Gasteiger partial charge in [-0.3, -0.25) is 9.69 Å². The predicted octanol–water partition coefficient (Wildman–Crippen LogP) is 0.502. The van der Waals surface area contributed by atoms with Gasteiger partial charge in [-0.05, 0) is 12.1 Å². The third-order valence-corrected chi connectivity index (χ3v) is 3.35. The molecule has 1 aromatic heterocycles. The number of benzene rings is 1. The van der Waals surface area contributed by atoms with Crippen molar-refractivity contribution in [3.05, 3.63) is 46.3 Å². The van der Waals surface area contributed by atoms with E-state index >= 15 is 0 Å². The number of imide groups is 1. The summed E-state index contributed by atoms with van der Waals surface area (Å²) in [6.45, 7) is -0.0569. The number of fused-ring (bicyclic) bond motifs is 1. The first-order chi connectivity index (χ1) is 11.1. The minimum atomic E-state index is -0.975. The van der Waals surface area contributed by atoms with E-state index in [2.05, 4.69) is 5.32 Å². The number of esters is 1. The van der Waals surface area contributed by atoms with E-state index in [0.717, 1.165) is 4.90 Å². The van der Waals surface area contributed by atoms with Gasteiger partial charge in [0.15, 0.2) is 6.61 Å². The fourth-order valence-electron chi connectivity index (χ4n) is 2.20. The maximum Gasteiger partial charge on any atom is 0.351 e. The molecule has 0 radical (unpaired) electrons. The van der Waals surface area contributed by atoms with E-state index in [1.165, 1.54) is 6.07 Å². The highest BCUT2D eigenvalue weighted by atomic mass is 16.5. The van der Waals surface area contributed by atoms with Crippen LogP contribution in [0.25, 0.3) is 11.0 Å². The summed E-state index contributed by atoms with van der Waals surface area (Å²) in [6.07, 6.45) is 0. The first-order valence-corrected chi connectivity index (χ1v) is 6.84. The summed E-state index contributed by atoms with van der Waals surface area (Å²) < 4.78 is 9.83. The average Bonchev–Trinajstić information content (AvgIpc) is 2.97. The van der Waals surface area contributed by atoms with Gasteiger partial charge in [0.25, 0.3) is 5.91 Å². The molecule has 1 saturated heterocycles. The van der Waals surface area contributed by atoms with Gasteiger partial charge in [-0.2, -0.15) is 0 Å². The van der Waals surface area contributed by atoms with Crippen molar-refractivity contribution in [2.75, 3.05) is 19.7 Å². The number of amides is 3. The minimum absolute atomic E-state index is 0.216. The van der Waals surface area contributed by atoms with E-state index in [1.807, 2.05) is 0 Å². The third kappa shape index (κ3) is 2.91. The molecule has 0 spiro atoms. The molecular weight excluding hydrogens is 304 g/mol. The summed E-state index contributed by atoms with van der Waals surface area (Å²) in [5.74, 6) is -1.63. The summed E-state index contributed by atoms with van der Waals surface area (Å²) in [4.78, 5) is 47.8. The number of ether oxygens (including phenoxy) is 1. The van der Waals surface area contributed by atoms with Crippen LogP contribution in [0.5, 0.6) is 0 Å². The Morgan fingerprint density at radius 1 is 1.26 bits per heavy atom. The normalized spacial score (nSPS) is 13.9. The van der Waals surface area contributed by atoms with Gasteiger partial charge in [0.1, 0.15) is 11.1 Å². The Morgan fingerprint density at radius 3 is 2.78 bits per heavy atom. The van der Waals surface area contributed by atoms with Gasteiger partial charge in [0.05, 0.1) is 0 Å². The van der Waals surface area contributed by atoms with Crippen LogP contribution in [0.3, 0.4) is 0 Å². The van der Waals surface area contributed by atoms with E-state index in [0.29, 0.717) is 17.5 Å². The van der Waals surface area contributed by atoms with Gasteiger partial charge < -0.3 is 14.5 Å². The molecule has 1 aliphatic heterocycles. The zero-order chi connectivity index (χ0) is 16.4. The van der Waals surface area contributed by atoms with Crippen molar-refractivity contribution in [2.45, 2.75) is 0 Å². The molecule has 3 amide bonds. The van der Waals surface area contributed by atoms with Crippen LogP contribution < -0.4 is 10.9 Å². The molecule has 1 N–H and O–H groups in total. The number of para-hydroxylation sites is 1. The summed E-state index contributed by atoms with van der Waals surface area (Å²) in [7, 11) is 0. The highest BCUT2D eigenvalue weighted by molar-refractivity contribution is 5.98. The standard InChI is InChI=1S/C15H12N2O6/c18-12(17-6-5-16-15(17)21)8-22-13(19)10-7-9-3-1-2-4-11(9)23-14(10)20/h1-4,7H,5-6,8H2,(H,16,21). The molecular formula is C15H12N2O6. The molecule has 1 fully saturated rings. The lowest BCUT2D eigenvalue weighted by molar-refractivity contribution is -0.130. The van der Waals surface area contributed by atoms with Gasteiger partial charge in [-0.25, -0.2) is 14.4 Å². The summed E-state index contributed by atoms with van der Waals surface area (Å²) in [6, 6.07) is 7.51. The molecule has 0 bridgehead atoms. The van der Waals surface area contributed by atoms with Crippen LogP contribution in [-0.2, 0) is 9.53 Å². The van der Waals surface area contributed by atoms with E-state index in [-0.39, 0.29) is 12.1 Å². The lowest BCUT2D eigenvalue weighted by Crippen LogP contribution is -2.37. The molecule has 23 heavy (non-hydrogen) atoms. The van der Waals surface area contributed by atoms with E-state index in [4.69, 9.17) is 9.15 Å². The lowest BCUT2D eigenvalue weighted by Gasteiger charge is -2.11. The van der Waals surface area contributed by atoms with Crippen LogP contribution in [0.4, 0.5) is 4.79 Å². The van der Waals surface area contributed by atoms with Crippen molar-refractivity contribution >= 4 is 28.9 Å². The monoisotopic (exact) mass is 316 g/mol. The summed E-state index contributed by atoms with van der Waals surface area (Å²) in [5.41, 5.74) is -0.804. The van der Waals surface area contributed by atoms with Gasteiger partial charge in [0, 0.05) is 18.5 Å². The molecule has 8 nitrogen and oxygen atoms in total. The first-order valence-electron chi connectivity index (χ1n) is 6.84. The van der Waals surface area contributed by atoms with Crippen LogP contribution in [-0.4, -0.2) is 42.5 Å². The molecule has 0 aliphatic carbocycles. The highest BCUT2D eigenvalue weighted by Gasteiger charge is 2.27. The van der Waals surface area contributed by atoms with Crippen LogP contribution in [0.2, 0.25) is 0 Å². The maximum absolute atomic E-state index is 12.0. The van der Waals surface area contributed by atoms with E-state index in [1.54, 1.807) is 24.3 Å². The largest absolute Gasteiger partial charge is 0.452 e. The van der Waals surface area contributed by atoms with Crippen molar-refractivity contribution in [2.24, 2.45) is 0 Å². The predicted molar refractivity (Wildman–Crippen MR) is 77.9 cm³/mol. The van der Waals surface area contributed by atoms with Crippen molar-refractivity contribution in [3.63, 3.8) is 0 Å². The summed E-state index contributed by atoms with van der Waals surface area (Å²) in [5, 5.41) is 3.02. The molecule has 1 aliphatic rings.